The lowest BCUT2D eigenvalue weighted by atomic mass is 9.83. The van der Waals surface area contributed by atoms with Crippen molar-refractivity contribution in [2.45, 2.75) is 122 Å². The first kappa shape index (κ1) is 18.8. The van der Waals surface area contributed by atoms with Crippen LogP contribution in [0.1, 0.15) is 98.8 Å². The molecule has 3 nitrogen and oxygen atoms in total. The maximum Gasteiger partial charge on any atom is 0.240 e. The van der Waals surface area contributed by atoms with Crippen LogP contribution in [0.15, 0.2) is 0 Å². The third-order valence-electron chi connectivity index (χ3n) is 5.63. The molecule has 2 saturated carbocycles. The lowest BCUT2D eigenvalue weighted by molar-refractivity contribution is -0.138. The molecule has 1 N–H and O–H groups in total. The van der Waals surface area contributed by atoms with Crippen LogP contribution in [0.2, 0.25) is 0 Å². The molecular weight excluding hydrogens is 284 g/mol. The average molecular weight is 323 g/mol. The second kappa shape index (κ2) is 7.55. The largest absolute Gasteiger partial charge is 0.350 e. The summed E-state index contributed by atoms with van der Waals surface area (Å²) >= 11 is 0. The lowest BCUT2D eigenvalue weighted by Crippen LogP contribution is -2.64. The minimum atomic E-state index is -0.419. The van der Waals surface area contributed by atoms with Gasteiger partial charge in [-0.2, -0.15) is 0 Å². The number of nitrogens with one attached hydrogen (secondary N) is 1. The van der Waals surface area contributed by atoms with Crippen LogP contribution in [0, 0.1) is 0 Å². The van der Waals surface area contributed by atoms with Gasteiger partial charge in [-0.3, -0.25) is 9.69 Å². The Morgan fingerprint density at radius 2 is 1.17 bits per heavy atom. The molecule has 0 saturated heterocycles. The number of amides is 1. The topological polar surface area (TPSA) is 32.3 Å². The van der Waals surface area contributed by atoms with Crippen molar-refractivity contribution in [1.82, 2.24) is 10.2 Å². The predicted molar refractivity (Wildman–Crippen MR) is 97.6 cm³/mol. The Labute approximate surface area is 143 Å². The van der Waals surface area contributed by atoms with E-state index < -0.39 is 5.54 Å². The van der Waals surface area contributed by atoms with Crippen molar-refractivity contribution in [2.24, 2.45) is 0 Å². The highest BCUT2D eigenvalue weighted by atomic mass is 16.2. The molecule has 23 heavy (non-hydrogen) atoms. The zero-order valence-corrected chi connectivity index (χ0v) is 16.1. The number of nitrogens with zero attached hydrogens (tertiary/aromatic N) is 1. The van der Waals surface area contributed by atoms with Gasteiger partial charge in [-0.25, -0.2) is 0 Å². The van der Waals surface area contributed by atoms with E-state index in [2.05, 4.69) is 44.8 Å². The van der Waals surface area contributed by atoms with Crippen molar-refractivity contribution < 1.29 is 4.79 Å². The summed E-state index contributed by atoms with van der Waals surface area (Å²) in [5, 5.41) is 3.24. The van der Waals surface area contributed by atoms with Gasteiger partial charge >= 0.3 is 0 Å². The van der Waals surface area contributed by atoms with Crippen LogP contribution in [0.25, 0.3) is 0 Å². The molecule has 0 bridgehead atoms. The van der Waals surface area contributed by atoms with E-state index in [9.17, 15) is 4.79 Å². The minimum absolute atomic E-state index is 0.168. The summed E-state index contributed by atoms with van der Waals surface area (Å²) in [4.78, 5) is 15.7. The second-order valence-corrected chi connectivity index (χ2v) is 9.25. The van der Waals surface area contributed by atoms with Gasteiger partial charge in [-0.05, 0) is 60.3 Å². The van der Waals surface area contributed by atoms with Crippen LogP contribution in [0.4, 0.5) is 0 Å². The van der Waals surface area contributed by atoms with Crippen molar-refractivity contribution in [1.29, 1.82) is 0 Å². The highest BCUT2D eigenvalue weighted by molar-refractivity contribution is 5.86. The monoisotopic (exact) mass is 322 g/mol. The lowest BCUT2D eigenvalue weighted by Gasteiger charge is -2.50. The van der Waals surface area contributed by atoms with Crippen molar-refractivity contribution >= 4 is 5.91 Å². The molecule has 2 aliphatic carbocycles. The standard InChI is InChI=1S/C20H38N2O/c1-19(2,3)21-18(23)20(4,5)22(16-12-8-6-9-13-16)17-14-10-7-11-15-17/h16-17H,6-15H2,1-5H3,(H,21,23). The minimum Gasteiger partial charge on any atom is -0.350 e. The summed E-state index contributed by atoms with van der Waals surface area (Å²) in [6.45, 7) is 10.5. The van der Waals surface area contributed by atoms with Gasteiger partial charge in [0.15, 0.2) is 0 Å². The molecule has 2 fully saturated rings. The molecule has 0 atom stereocenters. The molecule has 134 valence electrons. The van der Waals surface area contributed by atoms with Gasteiger partial charge < -0.3 is 5.32 Å². The van der Waals surface area contributed by atoms with E-state index in [1.807, 2.05) is 0 Å². The van der Waals surface area contributed by atoms with E-state index in [0.29, 0.717) is 12.1 Å². The van der Waals surface area contributed by atoms with Gasteiger partial charge in [0.05, 0.1) is 5.54 Å². The van der Waals surface area contributed by atoms with Crippen molar-refractivity contribution in [3.05, 3.63) is 0 Å². The third-order valence-corrected chi connectivity index (χ3v) is 5.63. The summed E-state index contributed by atoms with van der Waals surface area (Å²) in [7, 11) is 0. The summed E-state index contributed by atoms with van der Waals surface area (Å²) in [6, 6.07) is 1.18. The average Bonchev–Trinajstić information content (AvgIpc) is 2.47. The first-order valence-corrected chi connectivity index (χ1v) is 9.83. The third kappa shape index (κ3) is 4.95. The Bertz CT molecular complexity index is 367. The quantitative estimate of drug-likeness (QED) is 0.817. The van der Waals surface area contributed by atoms with Crippen molar-refractivity contribution in [3.8, 4) is 0 Å². The van der Waals surface area contributed by atoms with Gasteiger partial charge in [-0.15, -0.1) is 0 Å². The second-order valence-electron chi connectivity index (χ2n) is 9.25. The van der Waals surface area contributed by atoms with E-state index in [4.69, 9.17) is 0 Å². The molecule has 0 aromatic heterocycles. The zero-order valence-electron chi connectivity index (χ0n) is 16.1. The Morgan fingerprint density at radius 3 is 1.52 bits per heavy atom. The van der Waals surface area contributed by atoms with E-state index >= 15 is 0 Å². The summed E-state index contributed by atoms with van der Waals surface area (Å²) in [5.41, 5.74) is -0.587. The summed E-state index contributed by atoms with van der Waals surface area (Å²) < 4.78 is 0. The molecule has 0 aromatic rings. The molecule has 0 radical (unpaired) electrons. The Balaban J connectivity index is 2.21. The van der Waals surface area contributed by atoms with Gasteiger partial charge in [0, 0.05) is 17.6 Å². The van der Waals surface area contributed by atoms with Crippen LogP contribution in [-0.4, -0.2) is 34.0 Å². The fourth-order valence-corrected chi connectivity index (χ4v) is 4.54. The van der Waals surface area contributed by atoms with Crippen molar-refractivity contribution in [2.75, 3.05) is 0 Å². The molecule has 2 aliphatic rings. The Kier molecular flexibility index (Phi) is 6.16. The molecular formula is C20H38N2O. The molecule has 3 heteroatoms. The van der Waals surface area contributed by atoms with Crippen LogP contribution in [-0.2, 0) is 4.79 Å². The van der Waals surface area contributed by atoms with Crippen LogP contribution in [0.3, 0.4) is 0 Å². The number of carbonyl (C=O) groups is 1. The molecule has 0 unspecified atom stereocenters. The van der Waals surface area contributed by atoms with Gasteiger partial charge in [0.25, 0.3) is 0 Å². The maximum absolute atomic E-state index is 13.1. The number of hydrogen-bond donors (Lipinski definition) is 1. The normalized spacial score (nSPS) is 22.3. The summed E-state index contributed by atoms with van der Waals surface area (Å²) in [6.07, 6.45) is 13.1. The van der Waals surface area contributed by atoms with Gasteiger partial charge in [-0.1, -0.05) is 38.5 Å². The Morgan fingerprint density at radius 1 is 0.783 bits per heavy atom. The van der Waals surface area contributed by atoms with Gasteiger partial charge in [0.2, 0.25) is 5.91 Å². The highest BCUT2D eigenvalue weighted by Crippen LogP contribution is 2.35. The fourth-order valence-electron chi connectivity index (χ4n) is 4.54. The number of hydrogen-bond acceptors (Lipinski definition) is 2. The fraction of sp³-hybridized carbons (Fsp3) is 0.950. The number of rotatable bonds is 4. The van der Waals surface area contributed by atoms with Crippen LogP contribution >= 0.6 is 0 Å². The van der Waals surface area contributed by atoms with Crippen molar-refractivity contribution in [3.63, 3.8) is 0 Å². The SMILES string of the molecule is CC(C)(C)NC(=O)C(C)(C)N(C1CCCCC1)C1CCCCC1. The van der Waals surface area contributed by atoms with Gasteiger partial charge in [0.1, 0.15) is 0 Å². The molecule has 0 spiro atoms. The van der Waals surface area contributed by atoms with E-state index in [-0.39, 0.29) is 11.4 Å². The molecule has 0 aromatic carbocycles. The van der Waals surface area contributed by atoms with Crippen LogP contribution in [0.5, 0.6) is 0 Å². The Hall–Kier alpha value is -0.570. The van der Waals surface area contributed by atoms with E-state index in [0.717, 1.165) is 0 Å². The number of carbonyl (C=O) groups excluding carboxylic acids is 1. The molecule has 0 heterocycles. The predicted octanol–water partition coefficient (Wildman–Crippen LogP) is 4.65. The first-order chi connectivity index (χ1) is 10.7. The molecule has 1 amide bonds. The maximum atomic E-state index is 13.1. The zero-order chi connectivity index (χ0) is 17.1. The molecule has 2 rings (SSSR count). The molecule has 0 aliphatic heterocycles. The highest BCUT2D eigenvalue weighted by Gasteiger charge is 2.43. The van der Waals surface area contributed by atoms with E-state index in [1.54, 1.807) is 0 Å². The first-order valence-electron chi connectivity index (χ1n) is 9.83. The smallest absolute Gasteiger partial charge is 0.240 e. The van der Waals surface area contributed by atoms with E-state index in [1.165, 1.54) is 64.2 Å². The summed E-state index contributed by atoms with van der Waals surface area (Å²) in [5.74, 6) is 0.196. The van der Waals surface area contributed by atoms with Crippen LogP contribution < -0.4 is 5.32 Å².